The second-order valence-electron chi connectivity index (χ2n) is 8.83. The minimum atomic E-state index is -0.888. The number of fused-ring (bicyclic) bond motifs is 3. The summed E-state index contributed by atoms with van der Waals surface area (Å²) in [7, 11) is 0. The van der Waals surface area contributed by atoms with Gasteiger partial charge in [0, 0.05) is 19.0 Å². The molecule has 2 amide bonds. The smallest absolute Gasteiger partial charge is 0.407 e. The molecule has 2 aromatic rings. The number of carbonyl (C=O) groups excluding carboxylic acids is 2. The van der Waals surface area contributed by atoms with Gasteiger partial charge in [-0.05, 0) is 28.7 Å². The summed E-state index contributed by atoms with van der Waals surface area (Å²) < 4.78 is 11.1. The number of hydrogen-bond donors (Lipinski definition) is 2. The van der Waals surface area contributed by atoms with Crippen molar-refractivity contribution in [2.24, 2.45) is 11.8 Å². The van der Waals surface area contributed by atoms with E-state index in [0.717, 1.165) is 22.3 Å². The number of alkyl carbamates (subject to hydrolysis) is 1. The number of nitrogens with one attached hydrogen (secondary N) is 1. The van der Waals surface area contributed by atoms with Crippen LogP contribution in [0.3, 0.4) is 0 Å². The minimum Gasteiger partial charge on any atom is -0.481 e. The maximum absolute atomic E-state index is 12.9. The van der Waals surface area contributed by atoms with Crippen molar-refractivity contribution in [3.05, 3.63) is 59.7 Å². The monoisotopic (exact) mass is 450 g/mol. The number of ether oxygens (including phenoxy) is 2. The number of amides is 2. The van der Waals surface area contributed by atoms with Gasteiger partial charge in [-0.3, -0.25) is 9.59 Å². The summed E-state index contributed by atoms with van der Waals surface area (Å²) in [6.07, 6.45) is -0.144. The van der Waals surface area contributed by atoms with Gasteiger partial charge in [0.25, 0.3) is 0 Å². The van der Waals surface area contributed by atoms with Crippen LogP contribution < -0.4 is 5.32 Å². The predicted molar refractivity (Wildman–Crippen MR) is 119 cm³/mol. The van der Waals surface area contributed by atoms with Gasteiger partial charge in [-0.2, -0.15) is 0 Å². The summed E-state index contributed by atoms with van der Waals surface area (Å²) in [5.74, 6) is -2.19. The molecule has 2 fully saturated rings. The average Bonchev–Trinajstić information content (AvgIpc) is 3.55. The number of rotatable bonds is 5. The van der Waals surface area contributed by atoms with Gasteiger partial charge in [-0.1, -0.05) is 48.5 Å². The molecule has 8 heteroatoms. The van der Waals surface area contributed by atoms with Gasteiger partial charge in [-0.25, -0.2) is 4.79 Å². The third-order valence-electron chi connectivity index (χ3n) is 6.89. The number of carbonyl (C=O) groups is 3. The minimum absolute atomic E-state index is 0.0436. The van der Waals surface area contributed by atoms with Gasteiger partial charge >= 0.3 is 12.1 Å². The van der Waals surface area contributed by atoms with E-state index in [2.05, 4.69) is 29.6 Å². The molecule has 0 aromatic heterocycles. The molecule has 2 aromatic carbocycles. The van der Waals surface area contributed by atoms with Crippen LogP contribution in [0.2, 0.25) is 0 Å². The van der Waals surface area contributed by atoms with E-state index in [1.54, 1.807) is 4.90 Å². The van der Waals surface area contributed by atoms with Crippen molar-refractivity contribution < 1.29 is 29.0 Å². The fraction of sp³-hybridized carbons (Fsp3) is 0.400. The molecule has 5 rings (SSSR count). The van der Waals surface area contributed by atoms with E-state index in [4.69, 9.17) is 9.47 Å². The molecule has 8 nitrogen and oxygen atoms in total. The highest BCUT2D eigenvalue weighted by atomic mass is 16.5. The predicted octanol–water partition coefficient (Wildman–Crippen LogP) is 2.47. The quantitative estimate of drug-likeness (QED) is 0.725. The SMILES string of the molecule is O=C(NC1COCC1C(=O)N1CCC(C(=O)O)C1)OCC1c2ccccc2-c2ccccc21. The number of likely N-dealkylation sites (tertiary alicyclic amines) is 1. The van der Waals surface area contributed by atoms with E-state index in [0.29, 0.717) is 13.0 Å². The summed E-state index contributed by atoms with van der Waals surface area (Å²) in [5.41, 5.74) is 4.57. The van der Waals surface area contributed by atoms with Crippen LogP contribution in [0.25, 0.3) is 11.1 Å². The lowest BCUT2D eigenvalue weighted by Gasteiger charge is -2.24. The number of carboxylic acid groups (broad SMARTS) is 1. The van der Waals surface area contributed by atoms with Crippen LogP contribution in [0.5, 0.6) is 0 Å². The molecule has 2 aliphatic heterocycles. The van der Waals surface area contributed by atoms with Crippen molar-refractivity contribution in [1.82, 2.24) is 10.2 Å². The van der Waals surface area contributed by atoms with Crippen LogP contribution in [-0.4, -0.2) is 66.9 Å². The highest BCUT2D eigenvalue weighted by molar-refractivity contribution is 5.83. The maximum Gasteiger partial charge on any atom is 0.407 e. The van der Waals surface area contributed by atoms with Crippen molar-refractivity contribution in [3.8, 4) is 11.1 Å². The second-order valence-corrected chi connectivity index (χ2v) is 8.83. The van der Waals surface area contributed by atoms with Gasteiger partial charge in [0.15, 0.2) is 0 Å². The third kappa shape index (κ3) is 4.06. The molecule has 0 spiro atoms. The van der Waals surface area contributed by atoms with Crippen molar-refractivity contribution in [2.75, 3.05) is 32.9 Å². The Labute approximate surface area is 191 Å². The lowest BCUT2D eigenvalue weighted by Crippen LogP contribution is -2.47. The molecule has 2 N–H and O–H groups in total. The van der Waals surface area contributed by atoms with E-state index in [1.165, 1.54) is 0 Å². The number of aliphatic carboxylic acids is 1. The number of nitrogens with zero attached hydrogens (tertiary/aromatic N) is 1. The fourth-order valence-corrected chi connectivity index (χ4v) is 5.13. The fourth-order valence-electron chi connectivity index (χ4n) is 5.13. The molecule has 172 valence electrons. The van der Waals surface area contributed by atoms with Crippen LogP contribution in [0, 0.1) is 11.8 Å². The highest BCUT2D eigenvalue weighted by Crippen LogP contribution is 2.44. The van der Waals surface area contributed by atoms with Crippen molar-refractivity contribution >= 4 is 18.0 Å². The molecule has 1 aliphatic carbocycles. The molecule has 3 unspecified atom stereocenters. The summed E-state index contributed by atoms with van der Waals surface area (Å²) in [6.45, 7) is 1.21. The number of carboxylic acids is 1. The zero-order chi connectivity index (χ0) is 22.9. The Hall–Kier alpha value is -3.39. The van der Waals surface area contributed by atoms with Crippen LogP contribution in [0.4, 0.5) is 4.79 Å². The normalized spacial score (nSPS) is 23.8. The van der Waals surface area contributed by atoms with Gasteiger partial charge in [0.2, 0.25) is 5.91 Å². The van der Waals surface area contributed by atoms with Gasteiger partial charge in [0.1, 0.15) is 6.61 Å². The van der Waals surface area contributed by atoms with Crippen molar-refractivity contribution in [1.29, 1.82) is 0 Å². The summed E-state index contributed by atoms with van der Waals surface area (Å²) >= 11 is 0. The van der Waals surface area contributed by atoms with Crippen LogP contribution >= 0.6 is 0 Å². The van der Waals surface area contributed by atoms with E-state index in [-0.39, 0.29) is 38.2 Å². The molecule has 0 bridgehead atoms. The average molecular weight is 450 g/mol. The lowest BCUT2D eigenvalue weighted by atomic mass is 9.98. The van der Waals surface area contributed by atoms with Crippen molar-refractivity contribution in [3.63, 3.8) is 0 Å². The van der Waals surface area contributed by atoms with E-state index < -0.39 is 29.9 Å². The molecule has 33 heavy (non-hydrogen) atoms. The van der Waals surface area contributed by atoms with Gasteiger partial charge in [-0.15, -0.1) is 0 Å². The molecule has 3 aliphatic rings. The zero-order valence-electron chi connectivity index (χ0n) is 18.1. The van der Waals surface area contributed by atoms with Crippen LogP contribution in [-0.2, 0) is 19.1 Å². The Balaban J connectivity index is 1.20. The molecular weight excluding hydrogens is 424 g/mol. The Bertz CT molecular complexity index is 1040. The molecule has 2 saturated heterocycles. The van der Waals surface area contributed by atoms with Gasteiger partial charge < -0.3 is 24.8 Å². The second kappa shape index (κ2) is 8.86. The maximum atomic E-state index is 12.9. The molecule has 2 heterocycles. The molecule has 0 saturated carbocycles. The molecule has 0 radical (unpaired) electrons. The van der Waals surface area contributed by atoms with E-state index >= 15 is 0 Å². The third-order valence-corrected chi connectivity index (χ3v) is 6.89. The van der Waals surface area contributed by atoms with Crippen molar-refractivity contribution in [2.45, 2.75) is 18.4 Å². The first kappa shape index (κ1) is 21.5. The first-order valence-corrected chi connectivity index (χ1v) is 11.2. The molecule has 3 atom stereocenters. The molecular formula is C25H26N2O6. The van der Waals surface area contributed by atoms with Crippen LogP contribution in [0.1, 0.15) is 23.5 Å². The highest BCUT2D eigenvalue weighted by Gasteiger charge is 2.41. The topological polar surface area (TPSA) is 105 Å². The summed E-state index contributed by atoms with van der Waals surface area (Å²) in [4.78, 5) is 38.3. The Morgan fingerprint density at radius 3 is 2.33 bits per heavy atom. The summed E-state index contributed by atoms with van der Waals surface area (Å²) in [5, 5.41) is 12.0. The standard InChI is InChI=1S/C25H26N2O6/c28-23(27-10-9-15(11-27)24(29)30)21-12-32-14-22(21)26-25(31)33-13-20-18-7-3-1-5-16(18)17-6-2-4-8-19(17)20/h1-8,15,20-22H,9-14H2,(H,26,31)(H,29,30). The Morgan fingerprint density at radius 1 is 1.03 bits per heavy atom. The number of benzene rings is 2. The van der Waals surface area contributed by atoms with Gasteiger partial charge in [0.05, 0.1) is 31.1 Å². The van der Waals surface area contributed by atoms with Crippen LogP contribution in [0.15, 0.2) is 48.5 Å². The Morgan fingerprint density at radius 2 is 1.70 bits per heavy atom. The number of hydrogen-bond acceptors (Lipinski definition) is 5. The lowest BCUT2D eigenvalue weighted by molar-refractivity contribution is -0.141. The van der Waals surface area contributed by atoms with E-state index in [9.17, 15) is 19.5 Å². The largest absolute Gasteiger partial charge is 0.481 e. The first-order valence-electron chi connectivity index (χ1n) is 11.2. The zero-order valence-corrected chi connectivity index (χ0v) is 18.1. The Kier molecular flexibility index (Phi) is 5.76. The summed E-state index contributed by atoms with van der Waals surface area (Å²) in [6, 6.07) is 15.7. The van der Waals surface area contributed by atoms with E-state index in [1.807, 2.05) is 24.3 Å². The first-order chi connectivity index (χ1) is 16.0.